The Labute approximate surface area is 174 Å². The van der Waals surface area contributed by atoms with Gasteiger partial charge in [0.15, 0.2) is 5.96 Å². The third-order valence-electron chi connectivity index (χ3n) is 5.32. The highest BCUT2D eigenvalue weighted by atomic mass is 32.1. The minimum absolute atomic E-state index is 0.0487. The van der Waals surface area contributed by atoms with Gasteiger partial charge in [0, 0.05) is 43.7 Å². The van der Waals surface area contributed by atoms with Crippen LogP contribution in [-0.2, 0) is 22.6 Å². The van der Waals surface area contributed by atoms with Crippen molar-refractivity contribution in [3.05, 3.63) is 52.2 Å². The Morgan fingerprint density at radius 3 is 2.90 bits per heavy atom. The molecule has 1 fully saturated rings. The van der Waals surface area contributed by atoms with Crippen LogP contribution in [-0.4, -0.2) is 55.4 Å². The molecule has 8 heteroatoms. The number of nitrogens with zero attached hydrogens (tertiary/aromatic N) is 3. The Morgan fingerprint density at radius 1 is 1.28 bits per heavy atom. The van der Waals surface area contributed by atoms with Crippen LogP contribution in [0.2, 0.25) is 0 Å². The zero-order valence-electron chi connectivity index (χ0n) is 16.4. The van der Waals surface area contributed by atoms with Crippen LogP contribution >= 0.6 is 11.3 Å². The van der Waals surface area contributed by atoms with Gasteiger partial charge >= 0.3 is 0 Å². The van der Waals surface area contributed by atoms with E-state index in [9.17, 15) is 9.59 Å². The molecular weight excluding hydrogens is 386 g/mol. The van der Waals surface area contributed by atoms with E-state index >= 15 is 0 Å². The number of anilines is 1. The maximum Gasteiger partial charge on any atom is 0.242 e. The van der Waals surface area contributed by atoms with Gasteiger partial charge in [0.2, 0.25) is 11.8 Å². The summed E-state index contributed by atoms with van der Waals surface area (Å²) in [5.41, 5.74) is 2.15. The number of para-hydroxylation sites is 1. The van der Waals surface area contributed by atoms with Crippen LogP contribution in [0.3, 0.4) is 0 Å². The lowest BCUT2D eigenvalue weighted by molar-refractivity contribution is -0.130. The molecule has 0 aliphatic carbocycles. The summed E-state index contributed by atoms with van der Waals surface area (Å²) in [7, 11) is 1.67. The number of carbonyl (C=O) groups excluding carboxylic acids is 2. The second-order valence-electron chi connectivity index (χ2n) is 7.25. The second-order valence-corrected chi connectivity index (χ2v) is 8.25. The van der Waals surface area contributed by atoms with E-state index in [2.05, 4.69) is 27.1 Å². The summed E-state index contributed by atoms with van der Waals surface area (Å²) >= 11 is 1.76. The van der Waals surface area contributed by atoms with Crippen LogP contribution in [0.1, 0.15) is 16.9 Å². The van der Waals surface area contributed by atoms with Crippen molar-refractivity contribution in [2.45, 2.75) is 25.4 Å². The molecule has 2 aromatic rings. The lowest BCUT2D eigenvalue weighted by Crippen LogP contribution is -2.48. The van der Waals surface area contributed by atoms with Crippen LogP contribution in [0.5, 0.6) is 0 Å². The fourth-order valence-electron chi connectivity index (χ4n) is 3.78. The van der Waals surface area contributed by atoms with Gasteiger partial charge in [-0.15, -0.1) is 11.3 Å². The molecule has 3 heterocycles. The standard InChI is InChI=1S/C21H25N5O2S/c1-22-21(23-12-20(28)25-9-7-18-15(13-25)8-10-29-18)24-16-11-19(27)26(14-16)17-5-3-2-4-6-17/h2-6,8,10,16H,7,9,11-14H2,1H3,(H2,22,23,24). The number of rotatable bonds is 4. The maximum absolute atomic E-state index is 12.6. The van der Waals surface area contributed by atoms with E-state index in [0.717, 1.165) is 18.7 Å². The number of fused-ring (bicyclic) bond motifs is 1. The lowest BCUT2D eigenvalue weighted by Gasteiger charge is -2.27. The van der Waals surface area contributed by atoms with Crippen molar-refractivity contribution < 1.29 is 9.59 Å². The van der Waals surface area contributed by atoms with Crippen molar-refractivity contribution in [2.75, 3.05) is 31.6 Å². The smallest absolute Gasteiger partial charge is 0.242 e. The first-order valence-electron chi connectivity index (χ1n) is 9.79. The number of guanidine groups is 1. The zero-order chi connectivity index (χ0) is 20.2. The van der Waals surface area contributed by atoms with Gasteiger partial charge < -0.3 is 20.4 Å². The molecule has 1 unspecified atom stereocenters. The Bertz CT molecular complexity index is 911. The van der Waals surface area contributed by atoms with E-state index in [0.29, 0.717) is 25.5 Å². The number of nitrogens with one attached hydrogen (secondary N) is 2. The van der Waals surface area contributed by atoms with Gasteiger partial charge in [-0.25, -0.2) is 0 Å². The molecule has 1 atom stereocenters. The lowest BCUT2D eigenvalue weighted by atomic mass is 10.1. The van der Waals surface area contributed by atoms with Gasteiger partial charge in [0.05, 0.1) is 12.6 Å². The van der Waals surface area contributed by atoms with Gasteiger partial charge in [0.1, 0.15) is 0 Å². The average Bonchev–Trinajstić information content (AvgIpc) is 3.37. The highest BCUT2D eigenvalue weighted by Crippen LogP contribution is 2.24. The molecule has 1 saturated heterocycles. The largest absolute Gasteiger partial charge is 0.351 e. The molecule has 0 spiro atoms. The predicted molar refractivity (Wildman–Crippen MR) is 115 cm³/mol. The number of thiophene rings is 1. The van der Waals surface area contributed by atoms with Gasteiger partial charge in [-0.2, -0.15) is 0 Å². The summed E-state index contributed by atoms with van der Waals surface area (Å²) in [5, 5.41) is 8.46. The molecule has 7 nitrogen and oxygen atoms in total. The van der Waals surface area contributed by atoms with Crippen LogP contribution < -0.4 is 15.5 Å². The van der Waals surface area contributed by atoms with Crippen LogP contribution in [0.4, 0.5) is 5.69 Å². The highest BCUT2D eigenvalue weighted by molar-refractivity contribution is 7.10. The van der Waals surface area contributed by atoms with Crippen LogP contribution in [0.15, 0.2) is 46.8 Å². The average molecular weight is 412 g/mol. The fourth-order valence-corrected chi connectivity index (χ4v) is 4.67. The number of amides is 2. The van der Waals surface area contributed by atoms with Crippen molar-refractivity contribution in [1.82, 2.24) is 15.5 Å². The summed E-state index contributed by atoms with van der Waals surface area (Å²) in [6.07, 6.45) is 1.32. The van der Waals surface area contributed by atoms with E-state index in [4.69, 9.17) is 0 Å². The summed E-state index contributed by atoms with van der Waals surface area (Å²) in [5.74, 6) is 0.678. The maximum atomic E-state index is 12.6. The number of benzene rings is 1. The minimum atomic E-state index is -0.0487. The van der Waals surface area contributed by atoms with E-state index < -0.39 is 0 Å². The molecule has 2 amide bonds. The molecule has 152 valence electrons. The number of aliphatic imine (C=N–C) groups is 1. The first-order valence-corrected chi connectivity index (χ1v) is 10.7. The SMILES string of the molecule is CN=C(NCC(=O)N1CCc2sccc2C1)NC1CC(=O)N(c2ccccc2)C1. The van der Waals surface area contributed by atoms with Crippen molar-refractivity contribution in [3.63, 3.8) is 0 Å². The van der Waals surface area contributed by atoms with Crippen molar-refractivity contribution in [1.29, 1.82) is 0 Å². The van der Waals surface area contributed by atoms with Gasteiger partial charge in [0.25, 0.3) is 0 Å². The molecule has 1 aromatic heterocycles. The topological polar surface area (TPSA) is 77.0 Å². The number of hydrogen-bond acceptors (Lipinski definition) is 4. The first kappa shape index (κ1) is 19.4. The summed E-state index contributed by atoms with van der Waals surface area (Å²) < 4.78 is 0. The molecule has 29 heavy (non-hydrogen) atoms. The molecule has 0 bridgehead atoms. The van der Waals surface area contributed by atoms with Crippen molar-refractivity contribution >= 4 is 34.8 Å². The second kappa shape index (κ2) is 8.65. The van der Waals surface area contributed by atoms with Crippen LogP contribution in [0, 0.1) is 0 Å². The summed E-state index contributed by atoms with van der Waals surface area (Å²) in [6, 6.07) is 11.7. The minimum Gasteiger partial charge on any atom is -0.351 e. The molecular formula is C21H25N5O2S. The van der Waals surface area contributed by atoms with Gasteiger partial charge in [-0.05, 0) is 35.6 Å². The van der Waals surface area contributed by atoms with Crippen LogP contribution in [0.25, 0.3) is 0 Å². The van der Waals surface area contributed by atoms with E-state index in [1.54, 1.807) is 23.3 Å². The van der Waals surface area contributed by atoms with E-state index in [-0.39, 0.29) is 24.4 Å². The highest BCUT2D eigenvalue weighted by Gasteiger charge is 2.31. The zero-order valence-corrected chi connectivity index (χ0v) is 17.2. The third-order valence-corrected chi connectivity index (χ3v) is 6.35. The number of carbonyl (C=O) groups is 2. The Hall–Kier alpha value is -2.87. The Balaban J connectivity index is 1.28. The molecule has 0 radical (unpaired) electrons. The van der Waals surface area contributed by atoms with Gasteiger partial charge in [-0.1, -0.05) is 18.2 Å². The number of hydrogen-bond donors (Lipinski definition) is 2. The Morgan fingerprint density at radius 2 is 2.10 bits per heavy atom. The molecule has 0 saturated carbocycles. The third kappa shape index (κ3) is 4.42. The Kier molecular flexibility index (Phi) is 5.80. The predicted octanol–water partition coefficient (Wildman–Crippen LogP) is 1.60. The monoisotopic (exact) mass is 411 g/mol. The quantitative estimate of drug-likeness (QED) is 0.592. The summed E-state index contributed by atoms with van der Waals surface area (Å²) in [6.45, 7) is 2.19. The van der Waals surface area contributed by atoms with Gasteiger partial charge in [-0.3, -0.25) is 14.6 Å². The van der Waals surface area contributed by atoms with Crippen molar-refractivity contribution in [2.24, 2.45) is 4.99 Å². The molecule has 4 rings (SSSR count). The molecule has 2 aliphatic heterocycles. The molecule has 2 N–H and O–H groups in total. The van der Waals surface area contributed by atoms with E-state index in [1.807, 2.05) is 35.2 Å². The first-order chi connectivity index (χ1) is 14.1. The fraction of sp³-hybridized carbons (Fsp3) is 0.381. The summed E-state index contributed by atoms with van der Waals surface area (Å²) in [4.78, 5) is 34.2. The normalized spacial score (nSPS) is 19.3. The molecule has 2 aliphatic rings. The van der Waals surface area contributed by atoms with Crippen molar-refractivity contribution in [3.8, 4) is 0 Å². The van der Waals surface area contributed by atoms with E-state index in [1.165, 1.54) is 10.4 Å². The molecule has 1 aromatic carbocycles.